The van der Waals surface area contributed by atoms with E-state index in [0.717, 1.165) is 31.6 Å². The summed E-state index contributed by atoms with van der Waals surface area (Å²) >= 11 is 2.43. The fourth-order valence-corrected chi connectivity index (χ4v) is 4.26. The van der Waals surface area contributed by atoms with Gasteiger partial charge < -0.3 is 9.47 Å². The van der Waals surface area contributed by atoms with Crippen molar-refractivity contribution in [3.05, 3.63) is 35.1 Å². The van der Waals surface area contributed by atoms with Crippen LogP contribution >= 0.6 is 23.1 Å². The van der Waals surface area contributed by atoms with Gasteiger partial charge in [0.05, 0.1) is 22.0 Å². The van der Waals surface area contributed by atoms with E-state index in [4.69, 9.17) is 0 Å². The highest BCUT2D eigenvalue weighted by Gasteiger charge is 2.37. The lowest BCUT2D eigenvalue weighted by molar-refractivity contribution is -0.147. The number of benzene rings is 1. The van der Waals surface area contributed by atoms with Crippen LogP contribution in [0, 0.1) is 0 Å². The van der Waals surface area contributed by atoms with Crippen molar-refractivity contribution in [2.75, 3.05) is 12.8 Å². The van der Waals surface area contributed by atoms with Crippen molar-refractivity contribution in [1.29, 1.82) is 0 Å². The number of nitrogens with zero attached hydrogens (tertiary/aromatic N) is 5. The molecule has 6 nitrogen and oxygen atoms in total. The maximum Gasteiger partial charge on any atom is 0.451 e. The Morgan fingerprint density at radius 3 is 2.67 bits per heavy atom. The summed E-state index contributed by atoms with van der Waals surface area (Å²) in [5.41, 5.74) is 0.873. The van der Waals surface area contributed by atoms with Crippen molar-refractivity contribution in [1.82, 2.24) is 24.6 Å². The van der Waals surface area contributed by atoms with Crippen LogP contribution in [0.5, 0.6) is 0 Å². The molecule has 0 saturated heterocycles. The predicted molar refractivity (Wildman–Crippen MR) is 97.5 cm³/mol. The highest BCUT2D eigenvalue weighted by molar-refractivity contribution is 7.99. The second-order valence-electron chi connectivity index (χ2n) is 5.85. The Morgan fingerprint density at radius 1 is 1.33 bits per heavy atom. The van der Waals surface area contributed by atoms with Crippen LogP contribution in [0.3, 0.4) is 0 Å². The topological polar surface area (TPSA) is 63.9 Å². The number of carbonyl (C=O) groups excluding carboxylic acids is 1. The predicted octanol–water partition coefficient (Wildman–Crippen LogP) is 3.76. The van der Waals surface area contributed by atoms with Crippen LogP contribution in [0.2, 0.25) is 0 Å². The minimum absolute atomic E-state index is 0.0386. The Bertz CT molecular complexity index is 936. The van der Waals surface area contributed by atoms with Crippen LogP contribution in [-0.4, -0.2) is 43.4 Å². The first-order chi connectivity index (χ1) is 12.7. The number of hydrogen-bond acceptors (Lipinski definition) is 6. The Labute approximate surface area is 161 Å². The molecule has 1 aromatic carbocycles. The molecule has 11 heteroatoms. The van der Waals surface area contributed by atoms with Gasteiger partial charge in [-0.25, -0.2) is 4.98 Å². The molecule has 0 bridgehead atoms. The van der Waals surface area contributed by atoms with Gasteiger partial charge in [0, 0.05) is 14.1 Å². The molecule has 0 radical (unpaired) electrons. The Morgan fingerprint density at radius 2 is 2.04 bits per heavy atom. The molecule has 0 saturated carbocycles. The number of fused-ring (bicyclic) bond motifs is 1. The third kappa shape index (κ3) is 4.08. The van der Waals surface area contributed by atoms with Crippen molar-refractivity contribution in [2.24, 2.45) is 7.05 Å². The van der Waals surface area contributed by atoms with E-state index in [1.165, 1.54) is 23.3 Å². The van der Waals surface area contributed by atoms with E-state index in [0.29, 0.717) is 0 Å². The van der Waals surface area contributed by atoms with Gasteiger partial charge in [-0.15, -0.1) is 21.5 Å². The van der Waals surface area contributed by atoms with Crippen LogP contribution in [0.1, 0.15) is 23.8 Å². The van der Waals surface area contributed by atoms with Gasteiger partial charge in [0.2, 0.25) is 11.7 Å². The SMILES string of the molecule is C[C@H](c1nc2ccccc2s1)N(C)C(=O)CSc1nnc(C(F)(F)F)n1C. The number of rotatable bonds is 5. The summed E-state index contributed by atoms with van der Waals surface area (Å²) in [5.74, 6) is -1.37. The van der Waals surface area contributed by atoms with E-state index in [2.05, 4.69) is 15.2 Å². The number of hydrogen-bond donors (Lipinski definition) is 0. The Balaban J connectivity index is 1.66. The summed E-state index contributed by atoms with van der Waals surface area (Å²) in [7, 11) is 2.88. The molecule has 144 valence electrons. The molecule has 0 spiro atoms. The molecular weight excluding hydrogens is 399 g/mol. The lowest BCUT2D eigenvalue weighted by atomic mass is 10.3. The number of halogens is 3. The average molecular weight is 415 g/mol. The fourth-order valence-electron chi connectivity index (χ4n) is 2.37. The fraction of sp³-hybridized carbons (Fsp3) is 0.375. The van der Waals surface area contributed by atoms with Crippen molar-refractivity contribution < 1.29 is 18.0 Å². The van der Waals surface area contributed by atoms with E-state index in [1.54, 1.807) is 7.05 Å². The summed E-state index contributed by atoms with van der Waals surface area (Å²) < 4.78 is 40.1. The van der Waals surface area contributed by atoms with Gasteiger partial charge in [-0.2, -0.15) is 13.2 Å². The van der Waals surface area contributed by atoms with E-state index in [1.807, 2.05) is 31.2 Å². The van der Waals surface area contributed by atoms with E-state index in [9.17, 15) is 18.0 Å². The molecule has 27 heavy (non-hydrogen) atoms. The van der Waals surface area contributed by atoms with Crippen molar-refractivity contribution in [3.63, 3.8) is 0 Å². The lowest BCUT2D eigenvalue weighted by Crippen LogP contribution is -2.31. The average Bonchev–Trinajstić information content (AvgIpc) is 3.21. The molecule has 0 aliphatic carbocycles. The van der Waals surface area contributed by atoms with Gasteiger partial charge in [0.1, 0.15) is 5.01 Å². The second kappa shape index (κ2) is 7.47. The smallest absolute Gasteiger partial charge is 0.336 e. The van der Waals surface area contributed by atoms with E-state index >= 15 is 0 Å². The zero-order chi connectivity index (χ0) is 19.8. The normalized spacial score (nSPS) is 13.1. The summed E-state index contributed by atoms with van der Waals surface area (Å²) in [6.45, 7) is 1.87. The van der Waals surface area contributed by atoms with Crippen molar-refractivity contribution in [3.8, 4) is 0 Å². The molecular formula is C16H16F3N5OS2. The maximum absolute atomic E-state index is 12.8. The minimum atomic E-state index is -4.58. The number of carbonyl (C=O) groups is 1. The molecule has 3 aromatic rings. The highest BCUT2D eigenvalue weighted by Crippen LogP contribution is 2.31. The summed E-state index contributed by atoms with van der Waals surface area (Å²) in [6.07, 6.45) is -4.58. The number of aromatic nitrogens is 4. The summed E-state index contributed by atoms with van der Waals surface area (Å²) in [4.78, 5) is 18.5. The minimum Gasteiger partial charge on any atom is -0.336 e. The number of alkyl halides is 3. The first-order valence-electron chi connectivity index (χ1n) is 7.89. The first kappa shape index (κ1) is 19.6. The number of amides is 1. The first-order valence-corrected chi connectivity index (χ1v) is 9.69. The molecule has 1 atom stereocenters. The summed E-state index contributed by atoms with van der Waals surface area (Å²) in [5, 5.41) is 7.51. The Kier molecular flexibility index (Phi) is 5.43. The van der Waals surface area contributed by atoms with Crippen LogP contribution in [-0.2, 0) is 18.0 Å². The van der Waals surface area contributed by atoms with Gasteiger partial charge >= 0.3 is 6.18 Å². The quantitative estimate of drug-likeness (QED) is 0.594. The maximum atomic E-state index is 12.8. The molecule has 0 aliphatic rings. The Hall–Kier alpha value is -2.14. The van der Waals surface area contributed by atoms with Crippen LogP contribution in [0.25, 0.3) is 10.2 Å². The van der Waals surface area contributed by atoms with Crippen LogP contribution < -0.4 is 0 Å². The van der Waals surface area contributed by atoms with E-state index < -0.39 is 12.0 Å². The van der Waals surface area contributed by atoms with Crippen LogP contribution in [0.4, 0.5) is 13.2 Å². The molecule has 0 aliphatic heterocycles. The number of thioether (sulfide) groups is 1. The third-order valence-electron chi connectivity index (χ3n) is 4.06. The van der Waals surface area contributed by atoms with Crippen molar-refractivity contribution >= 4 is 39.2 Å². The molecule has 0 N–H and O–H groups in total. The number of para-hydroxylation sites is 1. The van der Waals surface area contributed by atoms with E-state index in [-0.39, 0.29) is 22.9 Å². The van der Waals surface area contributed by atoms with Gasteiger partial charge in [-0.1, -0.05) is 23.9 Å². The molecule has 3 rings (SSSR count). The van der Waals surface area contributed by atoms with Gasteiger partial charge in [0.25, 0.3) is 0 Å². The monoisotopic (exact) mass is 415 g/mol. The molecule has 2 aromatic heterocycles. The largest absolute Gasteiger partial charge is 0.451 e. The van der Waals surface area contributed by atoms with Gasteiger partial charge in [-0.05, 0) is 19.1 Å². The number of thiazole rings is 1. The van der Waals surface area contributed by atoms with Crippen LogP contribution in [0.15, 0.2) is 29.4 Å². The molecule has 2 heterocycles. The molecule has 1 amide bonds. The third-order valence-corrected chi connectivity index (χ3v) is 6.27. The lowest BCUT2D eigenvalue weighted by Gasteiger charge is -2.23. The molecule has 0 unspecified atom stereocenters. The highest BCUT2D eigenvalue weighted by atomic mass is 32.2. The van der Waals surface area contributed by atoms with Gasteiger partial charge in [0.15, 0.2) is 5.16 Å². The zero-order valence-electron chi connectivity index (χ0n) is 14.7. The molecule has 0 fully saturated rings. The second-order valence-corrected chi connectivity index (χ2v) is 7.86. The van der Waals surface area contributed by atoms with Gasteiger partial charge in [-0.3, -0.25) is 4.79 Å². The standard InChI is InChI=1S/C16H16F3N5OS2/c1-9(13-20-10-6-4-5-7-11(10)27-13)23(2)12(25)8-26-15-22-21-14(24(15)3)16(17,18)19/h4-7,9H,8H2,1-3H3/t9-/m1/s1. The summed E-state index contributed by atoms with van der Waals surface area (Å²) in [6, 6.07) is 7.45. The van der Waals surface area contributed by atoms with Crippen molar-refractivity contribution in [2.45, 2.75) is 24.3 Å². The zero-order valence-corrected chi connectivity index (χ0v) is 16.3.